The van der Waals surface area contributed by atoms with E-state index in [2.05, 4.69) is 15.4 Å². The van der Waals surface area contributed by atoms with Gasteiger partial charge in [-0.1, -0.05) is 18.2 Å². The van der Waals surface area contributed by atoms with Crippen LogP contribution in [0, 0.1) is 0 Å². The van der Waals surface area contributed by atoms with Crippen LogP contribution < -0.4 is 14.8 Å². The summed E-state index contributed by atoms with van der Waals surface area (Å²) in [6.45, 7) is 2.13. The number of carbonyl (C=O) groups excluding carboxylic acids is 1. The highest BCUT2D eigenvalue weighted by Crippen LogP contribution is 2.33. The second-order valence-electron chi connectivity index (χ2n) is 5.96. The lowest BCUT2D eigenvalue weighted by Gasteiger charge is -2.31. The van der Waals surface area contributed by atoms with Gasteiger partial charge in [0.05, 0.1) is 0 Å². The molecule has 7 nitrogen and oxygen atoms in total. The van der Waals surface area contributed by atoms with Crippen LogP contribution in [0.4, 0.5) is 0 Å². The molecule has 0 fully saturated rings. The molecule has 0 spiro atoms. The Balaban J connectivity index is 1.47. The lowest BCUT2D eigenvalue weighted by Crippen LogP contribution is -2.48. The Morgan fingerprint density at radius 1 is 1.12 bits per heavy atom. The molecular formula is C19H18N4O3. The summed E-state index contributed by atoms with van der Waals surface area (Å²) in [7, 11) is 0. The van der Waals surface area contributed by atoms with E-state index in [9.17, 15) is 4.79 Å². The number of para-hydroxylation sites is 2. The van der Waals surface area contributed by atoms with Crippen molar-refractivity contribution in [3.63, 3.8) is 0 Å². The maximum atomic E-state index is 12.6. The molecule has 2 atom stereocenters. The summed E-state index contributed by atoms with van der Waals surface area (Å²) in [5.74, 6) is 1.67. The van der Waals surface area contributed by atoms with Crippen LogP contribution in [0.15, 0.2) is 61.1 Å². The minimum absolute atomic E-state index is 0.234. The van der Waals surface area contributed by atoms with Gasteiger partial charge in [0.25, 0.3) is 5.91 Å². The molecule has 1 N–H and O–H groups in total. The normalized spacial score (nSPS) is 18.3. The maximum Gasteiger partial charge on any atom is 0.265 e. The molecule has 1 amide bonds. The number of nitrogens with zero attached hydrogens (tertiary/aromatic N) is 3. The van der Waals surface area contributed by atoms with Crippen molar-refractivity contribution in [3.8, 4) is 17.3 Å². The molecule has 0 saturated heterocycles. The Kier molecular flexibility index (Phi) is 4.27. The lowest BCUT2D eigenvalue weighted by molar-refractivity contribution is -0.133. The average Bonchev–Trinajstić information content (AvgIpc) is 3.20. The zero-order valence-corrected chi connectivity index (χ0v) is 14.2. The topological polar surface area (TPSA) is 78.3 Å². The fourth-order valence-electron chi connectivity index (χ4n) is 2.86. The molecule has 26 heavy (non-hydrogen) atoms. The molecule has 1 aliphatic heterocycles. The van der Waals surface area contributed by atoms with Crippen LogP contribution in [0.25, 0.3) is 5.82 Å². The van der Waals surface area contributed by atoms with E-state index in [4.69, 9.17) is 9.47 Å². The highest BCUT2D eigenvalue weighted by molar-refractivity contribution is 5.82. The van der Waals surface area contributed by atoms with Crippen LogP contribution in [0.1, 0.15) is 12.5 Å². The van der Waals surface area contributed by atoms with Gasteiger partial charge in [-0.3, -0.25) is 4.79 Å². The molecule has 1 aliphatic rings. The zero-order chi connectivity index (χ0) is 17.9. The van der Waals surface area contributed by atoms with Gasteiger partial charge in [0.1, 0.15) is 6.10 Å². The van der Waals surface area contributed by atoms with Crippen molar-refractivity contribution in [1.82, 2.24) is 20.1 Å². The molecule has 1 aromatic carbocycles. The van der Waals surface area contributed by atoms with Gasteiger partial charge in [-0.2, -0.15) is 5.10 Å². The second-order valence-corrected chi connectivity index (χ2v) is 5.96. The first-order valence-electron chi connectivity index (χ1n) is 8.36. The number of pyridine rings is 1. The number of rotatable bonds is 4. The monoisotopic (exact) mass is 350 g/mol. The predicted octanol–water partition coefficient (Wildman–Crippen LogP) is 2.11. The number of aromatic nitrogens is 3. The first-order chi connectivity index (χ1) is 12.7. The molecule has 0 saturated carbocycles. The summed E-state index contributed by atoms with van der Waals surface area (Å²) >= 11 is 0. The molecule has 4 rings (SSSR count). The first kappa shape index (κ1) is 16.1. The van der Waals surface area contributed by atoms with Gasteiger partial charge < -0.3 is 14.8 Å². The fourth-order valence-corrected chi connectivity index (χ4v) is 2.86. The van der Waals surface area contributed by atoms with E-state index in [0.29, 0.717) is 23.9 Å². The summed E-state index contributed by atoms with van der Waals surface area (Å²) in [6, 6.07) is 12.9. The van der Waals surface area contributed by atoms with Crippen LogP contribution in [0.2, 0.25) is 0 Å². The summed E-state index contributed by atoms with van der Waals surface area (Å²) in [6.07, 6.45) is 4.09. The number of nitrogens with one attached hydrogen (secondary N) is 1. The van der Waals surface area contributed by atoms with E-state index in [1.807, 2.05) is 49.5 Å². The third kappa shape index (κ3) is 3.11. The standard InChI is InChI=1S/C19H18N4O3/c1-13-17(26-16-8-3-2-7-15(16)25-13)19(24)21-12-14-6-4-9-20-18(14)23-11-5-10-22-23/h2-11,13,17H,12H2,1H3,(H,21,24)/t13-,17-/m1/s1. The lowest BCUT2D eigenvalue weighted by atomic mass is 10.1. The second kappa shape index (κ2) is 6.87. The van der Waals surface area contributed by atoms with Gasteiger partial charge in [0.15, 0.2) is 17.3 Å². The Morgan fingerprint density at radius 2 is 1.92 bits per heavy atom. The molecule has 0 radical (unpaired) electrons. The molecule has 3 aromatic rings. The van der Waals surface area contributed by atoms with Crippen LogP contribution in [0.5, 0.6) is 11.5 Å². The van der Waals surface area contributed by atoms with Crippen molar-refractivity contribution < 1.29 is 14.3 Å². The van der Waals surface area contributed by atoms with E-state index >= 15 is 0 Å². The van der Waals surface area contributed by atoms with E-state index in [1.165, 1.54) is 0 Å². The third-order valence-electron chi connectivity index (χ3n) is 4.14. The van der Waals surface area contributed by atoms with Gasteiger partial charge in [0, 0.05) is 30.7 Å². The van der Waals surface area contributed by atoms with Crippen molar-refractivity contribution in [3.05, 3.63) is 66.6 Å². The van der Waals surface area contributed by atoms with Crippen molar-refractivity contribution in [1.29, 1.82) is 0 Å². The van der Waals surface area contributed by atoms with Crippen molar-refractivity contribution in [2.45, 2.75) is 25.7 Å². The van der Waals surface area contributed by atoms with Crippen molar-refractivity contribution >= 4 is 5.91 Å². The van der Waals surface area contributed by atoms with Crippen LogP contribution in [-0.2, 0) is 11.3 Å². The van der Waals surface area contributed by atoms with Gasteiger partial charge in [-0.05, 0) is 31.2 Å². The largest absolute Gasteiger partial charge is 0.482 e. The SMILES string of the molecule is C[C@H]1Oc2ccccc2O[C@H]1C(=O)NCc1cccnc1-n1cccn1. The van der Waals surface area contributed by atoms with Gasteiger partial charge in [-0.25, -0.2) is 9.67 Å². The predicted molar refractivity (Wildman–Crippen MR) is 94.2 cm³/mol. The van der Waals surface area contributed by atoms with Crippen LogP contribution in [0.3, 0.4) is 0 Å². The van der Waals surface area contributed by atoms with Crippen molar-refractivity contribution in [2.24, 2.45) is 0 Å². The quantitative estimate of drug-likeness (QED) is 0.780. The fraction of sp³-hybridized carbons (Fsp3) is 0.211. The van der Waals surface area contributed by atoms with Gasteiger partial charge in [-0.15, -0.1) is 0 Å². The van der Waals surface area contributed by atoms with E-state index in [-0.39, 0.29) is 12.0 Å². The maximum absolute atomic E-state index is 12.6. The molecular weight excluding hydrogens is 332 g/mol. The number of ether oxygens (including phenoxy) is 2. The minimum Gasteiger partial charge on any atom is -0.482 e. The molecule has 3 heterocycles. The number of amides is 1. The molecule has 2 aromatic heterocycles. The average molecular weight is 350 g/mol. The number of fused-ring (bicyclic) bond motifs is 1. The summed E-state index contributed by atoms with van der Waals surface area (Å²) in [5.41, 5.74) is 0.856. The third-order valence-corrected chi connectivity index (χ3v) is 4.14. The number of hydrogen-bond donors (Lipinski definition) is 1. The van der Waals surface area contributed by atoms with E-state index < -0.39 is 6.10 Å². The van der Waals surface area contributed by atoms with E-state index in [1.54, 1.807) is 23.1 Å². The Bertz CT molecular complexity index is 911. The van der Waals surface area contributed by atoms with E-state index in [0.717, 1.165) is 5.56 Å². The summed E-state index contributed by atoms with van der Waals surface area (Å²) < 4.78 is 13.3. The smallest absolute Gasteiger partial charge is 0.265 e. The Labute approximate surface area is 150 Å². The molecule has 7 heteroatoms. The summed E-state index contributed by atoms with van der Waals surface area (Å²) in [5, 5.41) is 7.11. The Hall–Kier alpha value is -3.35. The van der Waals surface area contributed by atoms with Crippen LogP contribution >= 0.6 is 0 Å². The highest BCUT2D eigenvalue weighted by Gasteiger charge is 2.33. The number of benzene rings is 1. The van der Waals surface area contributed by atoms with Crippen molar-refractivity contribution in [2.75, 3.05) is 0 Å². The number of carbonyl (C=O) groups is 1. The van der Waals surface area contributed by atoms with Gasteiger partial charge in [0.2, 0.25) is 6.10 Å². The van der Waals surface area contributed by atoms with Crippen LogP contribution in [-0.4, -0.2) is 32.9 Å². The minimum atomic E-state index is -0.713. The molecule has 0 aliphatic carbocycles. The summed E-state index contributed by atoms with van der Waals surface area (Å²) in [4.78, 5) is 17.0. The number of hydrogen-bond acceptors (Lipinski definition) is 5. The van der Waals surface area contributed by atoms with Gasteiger partial charge >= 0.3 is 0 Å². The molecule has 0 unspecified atom stereocenters. The molecule has 0 bridgehead atoms. The molecule has 132 valence electrons. The first-order valence-corrected chi connectivity index (χ1v) is 8.36. The zero-order valence-electron chi connectivity index (χ0n) is 14.2. The Morgan fingerprint density at radius 3 is 2.69 bits per heavy atom. The highest BCUT2D eigenvalue weighted by atomic mass is 16.6.